The van der Waals surface area contributed by atoms with E-state index in [0.29, 0.717) is 12.1 Å². The summed E-state index contributed by atoms with van der Waals surface area (Å²) in [7, 11) is 0. The van der Waals surface area contributed by atoms with Crippen molar-refractivity contribution < 1.29 is 14.0 Å². The Morgan fingerprint density at radius 3 is 2.50 bits per heavy atom. The lowest BCUT2D eigenvalue weighted by molar-refractivity contribution is -0.136. The first-order chi connectivity index (χ1) is 10.5. The van der Waals surface area contributed by atoms with Gasteiger partial charge in [0.2, 0.25) is 0 Å². The standard InChI is InChI=1S/C16H17FN2O2S/c1-3-12-6-7-13(22-12)9-18-15(20)16(21)19-11-5-4-10(2)14(17)8-11/h4-8H,3,9H2,1-2H3,(H,18,20)(H,19,21). The summed E-state index contributed by atoms with van der Waals surface area (Å²) in [6.07, 6.45) is 0.943. The Morgan fingerprint density at radius 1 is 1.14 bits per heavy atom. The number of aryl methyl sites for hydroxylation is 2. The molecule has 1 aromatic heterocycles. The van der Waals surface area contributed by atoms with Gasteiger partial charge in [-0.1, -0.05) is 13.0 Å². The van der Waals surface area contributed by atoms with Crippen LogP contribution in [0.1, 0.15) is 22.2 Å². The zero-order chi connectivity index (χ0) is 16.1. The van der Waals surface area contributed by atoms with Crippen LogP contribution in [0.5, 0.6) is 0 Å². The summed E-state index contributed by atoms with van der Waals surface area (Å²) in [5.41, 5.74) is 0.736. The normalized spacial score (nSPS) is 10.3. The maximum atomic E-state index is 13.4. The Labute approximate surface area is 132 Å². The number of carbonyl (C=O) groups is 2. The summed E-state index contributed by atoms with van der Waals surface area (Å²) in [5.74, 6) is -1.98. The quantitative estimate of drug-likeness (QED) is 0.851. The predicted octanol–water partition coefficient (Wildman–Crippen LogP) is 3.01. The van der Waals surface area contributed by atoms with Crippen LogP contribution in [0.3, 0.4) is 0 Å². The van der Waals surface area contributed by atoms with Crippen LogP contribution in [-0.2, 0) is 22.6 Å². The highest BCUT2D eigenvalue weighted by molar-refractivity contribution is 7.11. The molecule has 0 aliphatic carbocycles. The summed E-state index contributed by atoms with van der Waals surface area (Å²) in [6.45, 7) is 3.99. The first kappa shape index (κ1) is 16.2. The Balaban J connectivity index is 1.88. The van der Waals surface area contributed by atoms with Gasteiger partial charge < -0.3 is 10.6 Å². The second kappa shape index (κ2) is 7.17. The fraction of sp³-hybridized carbons (Fsp3) is 0.250. The van der Waals surface area contributed by atoms with E-state index < -0.39 is 17.6 Å². The number of benzene rings is 1. The van der Waals surface area contributed by atoms with E-state index in [1.807, 2.05) is 12.1 Å². The first-order valence-corrected chi connectivity index (χ1v) is 7.74. The summed E-state index contributed by atoms with van der Waals surface area (Å²) < 4.78 is 13.4. The highest BCUT2D eigenvalue weighted by Gasteiger charge is 2.14. The number of hydrogen-bond donors (Lipinski definition) is 2. The molecular formula is C16H17FN2O2S. The van der Waals surface area contributed by atoms with E-state index in [2.05, 4.69) is 17.6 Å². The van der Waals surface area contributed by atoms with Crippen molar-refractivity contribution in [2.45, 2.75) is 26.8 Å². The lowest BCUT2D eigenvalue weighted by Crippen LogP contribution is -2.34. The second-order valence-electron chi connectivity index (χ2n) is 4.82. The number of amides is 2. The monoisotopic (exact) mass is 320 g/mol. The minimum Gasteiger partial charge on any atom is -0.343 e. The molecule has 1 heterocycles. The minimum atomic E-state index is -0.810. The lowest BCUT2D eigenvalue weighted by Gasteiger charge is -2.06. The molecule has 0 radical (unpaired) electrons. The van der Waals surface area contributed by atoms with Crippen LogP contribution in [0.2, 0.25) is 0 Å². The third-order valence-electron chi connectivity index (χ3n) is 3.12. The highest BCUT2D eigenvalue weighted by atomic mass is 32.1. The Morgan fingerprint density at radius 2 is 1.86 bits per heavy atom. The van der Waals surface area contributed by atoms with Crippen molar-refractivity contribution in [3.05, 3.63) is 51.5 Å². The molecule has 0 aliphatic rings. The van der Waals surface area contributed by atoms with E-state index in [4.69, 9.17) is 0 Å². The van der Waals surface area contributed by atoms with Crippen molar-refractivity contribution in [3.8, 4) is 0 Å². The van der Waals surface area contributed by atoms with Crippen LogP contribution in [0.4, 0.5) is 10.1 Å². The van der Waals surface area contributed by atoms with Crippen LogP contribution in [-0.4, -0.2) is 11.8 Å². The molecule has 0 bridgehead atoms. The van der Waals surface area contributed by atoms with Gasteiger partial charge in [0, 0.05) is 15.4 Å². The van der Waals surface area contributed by atoms with E-state index in [1.165, 1.54) is 10.9 Å². The van der Waals surface area contributed by atoms with Crippen LogP contribution in [0, 0.1) is 12.7 Å². The van der Waals surface area contributed by atoms with Gasteiger partial charge in [0.05, 0.1) is 6.54 Å². The lowest BCUT2D eigenvalue weighted by atomic mass is 10.2. The summed E-state index contributed by atoms with van der Waals surface area (Å²) in [6, 6.07) is 8.21. The van der Waals surface area contributed by atoms with Crippen molar-refractivity contribution in [1.82, 2.24) is 5.32 Å². The van der Waals surface area contributed by atoms with Crippen molar-refractivity contribution >= 4 is 28.8 Å². The molecule has 2 amide bonds. The molecule has 22 heavy (non-hydrogen) atoms. The highest BCUT2D eigenvalue weighted by Crippen LogP contribution is 2.16. The van der Waals surface area contributed by atoms with Gasteiger partial charge in [0.1, 0.15) is 5.82 Å². The zero-order valence-electron chi connectivity index (χ0n) is 12.4. The van der Waals surface area contributed by atoms with E-state index >= 15 is 0 Å². The fourth-order valence-corrected chi connectivity index (χ4v) is 2.71. The van der Waals surface area contributed by atoms with E-state index in [-0.39, 0.29) is 5.69 Å². The first-order valence-electron chi connectivity index (χ1n) is 6.92. The van der Waals surface area contributed by atoms with Crippen LogP contribution < -0.4 is 10.6 Å². The van der Waals surface area contributed by atoms with Crippen molar-refractivity contribution in [1.29, 1.82) is 0 Å². The number of halogens is 1. The molecule has 2 rings (SSSR count). The van der Waals surface area contributed by atoms with E-state index in [0.717, 1.165) is 11.3 Å². The summed E-state index contributed by atoms with van der Waals surface area (Å²) >= 11 is 1.60. The largest absolute Gasteiger partial charge is 0.343 e. The molecule has 0 aliphatic heterocycles. The maximum Gasteiger partial charge on any atom is 0.313 e. The topological polar surface area (TPSA) is 58.2 Å². The third-order valence-corrected chi connectivity index (χ3v) is 4.35. The number of hydrogen-bond acceptors (Lipinski definition) is 3. The maximum absolute atomic E-state index is 13.4. The van der Waals surface area contributed by atoms with Gasteiger partial charge in [-0.3, -0.25) is 9.59 Å². The number of anilines is 1. The number of rotatable bonds is 4. The molecule has 4 nitrogen and oxygen atoms in total. The van der Waals surface area contributed by atoms with E-state index in [9.17, 15) is 14.0 Å². The van der Waals surface area contributed by atoms with Gasteiger partial charge in [0.15, 0.2) is 0 Å². The molecule has 0 saturated heterocycles. The summed E-state index contributed by atoms with van der Waals surface area (Å²) in [4.78, 5) is 25.7. The molecule has 2 N–H and O–H groups in total. The van der Waals surface area contributed by atoms with Gasteiger partial charge in [-0.2, -0.15) is 0 Å². The predicted molar refractivity (Wildman–Crippen MR) is 85.3 cm³/mol. The summed E-state index contributed by atoms with van der Waals surface area (Å²) in [5, 5.41) is 4.92. The van der Waals surface area contributed by atoms with Gasteiger partial charge in [-0.05, 0) is 43.2 Å². The van der Waals surface area contributed by atoms with Gasteiger partial charge in [-0.15, -0.1) is 11.3 Å². The van der Waals surface area contributed by atoms with Crippen LogP contribution in [0.15, 0.2) is 30.3 Å². The molecule has 116 valence electrons. The molecular weight excluding hydrogens is 303 g/mol. The minimum absolute atomic E-state index is 0.257. The molecule has 0 spiro atoms. The molecule has 0 atom stereocenters. The molecule has 2 aromatic rings. The smallest absolute Gasteiger partial charge is 0.313 e. The van der Waals surface area contributed by atoms with Gasteiger partial charge in [0.25, 0.3) is 0 Å². The average molecular weight is 320 g/mol. The molecule has 0 fully saturated rings. The van der Waals surface area contributed by atoms with Crippen LogP contribution >= 0.6 is 11.3 Å². The average Bonchev–Trinajstić information content (AvgIpc) is 2.96. The molecule has 0 unspecified atom stereocenters. The van der Waals surface area contributed by atoms with E-state index in [1.54, 1.807) is 30.4 Å². The van der Waals surface area contributed by atoms with Crippen molar-refractivity contribution in [2.24, 2.45) is 0 Å². The SMILES string of the molecule is CCc1ccc(CNC(=O)C(=O)Nc2ccc(C)c(F)c2)s1. The fourth-order valence-electron chi connectivity index (χ4n) is 1.81. The Hall–Kier alpha value is -2.21. The second-order valence-corrected chi connectivity index (χ2v) is 6.08. The number of thiophene rings is 1. The Bertz CT molecular complexity index is 697. The zero-order valence-corrected chi connectivity index (χ0v) is 13.2. The molecule has 6 heteroatoms. The third kappa shape index (κ3) is 4.14. The Kier molecular flexibility index (Phi) is 5.27. The molecule has 0 saturated carbocycles. The van der Waals surface area contributed by atoms with Gasteiger partial charge in [-0.25, -0.2) is 4.39 Å². The number of nitrogens with one attached hydrogen (secondary N) is 2. The van der Waals surface area contributed by atoms with Crippen molar-refractivity contribution in [2.75, 3.05) is 5.32 Å². The van der Waals surface area contributed by atoms with Crippen LogP contribution in [0.25, 0.3) is 0 Å². The van der Waals surface area contributed by atoms with Gasteiger partial charge >= 0.3 is 11.8 Å². The molecule has 1 aromatic carbocycles. The number of carbonyl (C=O) groups excluding carboxylic acids is 2. The van der Waals surface area contributed by atoms with Crippen molar-refractivity contribution in [3.63, 3.8) is 0 Å².